The van der Waals surface area contributed by atoms with Crippen molar-refractivity contribution in [1.29, 1.82) is 5.26 Å². The second-order valence-corrected chi connectivity index (χ2v) is 5.98. The first-order valence-corrected chi connectivity index (χ1v) is 7.39. The van der Waals surface area contributed by atoms with E-state index in [0.29, 0.717) is 18.2 Å². The summed E-state index contributed by atoms with van der Waals surface area (Å²) in [7, 11) is 0. The lowest BCUT2D eigenvalue weighted by atomic mass is 9.89. The fourth-order valence-electron chi connectivity index (χ4n) is 1.97. The molecule has 0 aromatic heterocycles. The quantitative estimate of drug-likeness (QED) is 0.739. The van der Waals surface area contributed by atoms with Crippen LogP contribution in [0.2, 0.25) is 5.02 Å². The van der Waals surface area contributed by atoms with Gasteiger partial charge in [-0.3, -0.25) is 0 Å². The van der Waals surface area contributed by atoms with E-state index in [4.69, 9.17) is 27.3 Å². The molecule has 2 N–H and O–H groups in total. The Morgan fingerprint density at radius 1 is 1.35 bits per heavy atom. The maximum atomic E-state index is 8.95. The number of hydrogen-bond donors (Lipinski definition) is 1. The fraction of sp³-hybridized carbons (Fsp3) is 0.562. The first-order chi connectivity index (χ1) is 9.50. The van der Waals surface area contributed by atoms with Crippen LogP contribution in [0.3, 0.4) is 0 Å². The van der Waals surface area contributed by atoms with Gasteiger partial charge in [-0.1, -0.05) is 23.7 Å². The standard InChI is InChI=1S/C16H23ClN2O/c1-16(2,12-19)9-3-4-11-20-15-13(8-10-18)6-5-7-14(15)17/h5-7H,3-4,8-11,18H2,1-2H3. The molecule has 0 unspecified atom stereocenters. The lowest BCUT2D eigenvalue weighted by Gasteiger charge is -2.15. The van der Waals surface area contributed by atoms with Gasteiger partial charge in [0.1, 0.15) is 5.75 Å². The minimum Gasteiger partial charge on any atom is -0.492 e. The molecule has 4 heteroatoms. The molecule has 0 aliphatic rings. The number of rotatable bonds is 8. The minimum atomic E-state index is -0.255. The molecule has 20 heavy (non-hydrogen) atoms. The molecule has 110 valence electrons. The smallest absolute Gasteiger partial charge is 0.141 e. The van der Waals surface area contributed by atoms with Crippen LogP contribution >= 0.6 is 11.6 Å². The number of benzene rings is 1. The first-order valence-electron chi connectivity index (χ1n) is 7.01. The average Bonchev–Trinajstić information content (AvgIpc) is 2.41. The second kappa shape index (κ2) is 8.14. The molecule has 0 atom stereocenters. The Labute approximate surface area is 126 Å². The molecule has 0 bridgehead atoms. The Bertz CT molecular complexity index is 466. The van der Waals surface area contributed by atoms with E-state index in [-0.39, 0.29) is 5.41 Å². The van der Waals surface area contributed by atoms with Crippen LogP contribution in [0.1, 0.15) is 38.7 Å². The van der Waals surface area contributed by atoms with Crippen LogP contribution in [0, 0.1) is 16.7 Å². The van der Waals surface area contributed by atoms with Crippen molar-refractivity contribution in [3.63, 3.8) is 0 Å². The second-order valence-electron chi connectivity index (χ2n) is 5.57. The monoisotopic (exact) mass is 294 g/mol. The number of unbranched alkanes of at least 4 members (excludes halogenated alkanes) is 1. The summed E-state index contributed by atoms with van der Waals surface area (Å²) in [5.74, 6) is 0.749. The summed E-state index contributed by atoms with van der Waals surface area (Å²) in [4.78, 5) is 0. The Kier molecular flexibility index (Phi) is 6.84. The van der Waals surface area contributed by atoms with E-state index in [0.717, 1.165) is 37.0 Å². The van der Waals surface area contributed by atoms with Gasteiger partial charge in [-0.05, 0) is 57.7 Å². The van der Waals surface area contributed by atoms with Crippen molar-refractivity contribution in [3.05, 3.63) is 28.8 Å². The van der Waals surface area contributed by atoms with Crippen molar-refractivity contribution in [2.24, 2.45) is 11.1 Å². The first kappa shape index (κ1) is 16.8. The lowest BCUT2D eigenvalue weighted by molar-refractivity contribution is 0.292. The van der Waals surface area contributed by atoms with Gasteiger partial charge in [0, 0.05) is 0 Å². The predicted molar refractivity (Wildman–Crippen MR) is 83.0 cm³/mol. The van der Waals surface area contributed by atoms with E-state index in [1.54, 1.807) is 0 Å². The van der Waals surface area contributed by atoms with Crippen molar-refractivity contribution >= 4 is 11.6 Å². The molecule has 0 radical (unpaired) electrons. The molecule has 0 fully saturated rings. The zero-order valence-electron chi connectivity index (χ0n) is 12.3. The van der Waals surface area contributed by atoms with E-state index in [1.165, 1.54) is 0 Å². The molecule has 0 saturated heterocycles. The molecular formula is C16H23ClN2O. The van der Waals surface area contributed by atoms with Crippen molar-refractivity contribution in [2.45, 2.75) is 39.5 Å². The van der Waals surface area contributed by atoms with Crippen molar-refractivity contribution in [2.75, 3.05) is 13.2 Å². The summed E-state index contributed by atoms with van der Waals surface area (Å²) in [6.45, 7) is 5.11. The van der Waals surface area contributed by atoms with Crippen LogP contribution in [0.4, 0.5) is 0 Å². The summed E-state index contributed by atoms with van der Waals surface area (Å²) in [5, 5.41) is 9.58. The van der Waals surface area contributed by atoms with Crippen LogP contribution in [-0.4, -0.2) is 13.2 Å². The van der Waals surface area contributed by atoms with Gasteiger partial charge in [0.15, 0.2) is 0 Å². The van der Waals surface area contributed by atoms with E-state index in [2.05, 4.69) is 6.07 Å². The molecule has 0 aliphatic carbocycles. The van der Waals surface area contributed by atoms with Gasteiger partial charge in [0.25, 0.3) is 0 Å². The zero-order chi connectivity index (χ0) is 15.0. The molecule has 1 aromatic rings. The number of para-hydroxylation sites is 1. The van der Waals surface area contributed by atoms with E-state index < -0.39 is 0 Å². The lowest BCUT2D eigenvalue weighted by Crippen LogP contribution is -2.09. The normalized spacial score (nSPS) is 11.2. The Morgan fingerprint density at radius 2 is 2.10 bits per heavy atom. The van der Waals surface area contributed by atoms with Crippen molar-refractivity contribution in [1.82, 2.24) is 0 Å². The largest absolute Gasteiger partial charge is 0.492 e. The topological polar surface area (TPSA) is 59.0 Å². The molecule has 3 nitrogen and oxygen atoms in total. The SMILES string of the molecule is CC(C)(C#N)CCCCOc1c(Cl)cccc1CCN. The molecular weight excluding hydrogens is 272 g/mol. The minimum absolute atomic E-state index is 0.255. The molecule has 1 rings (SSSR count). The third-order valence-corrected chi connectivity index (χ3v) is 3.51. The third-order valence-electron chi connectivity index (χ3n) is 3.21. The highest BCUT2D eigenvalue weighted by atomic mass is 35.5. The highest BCUT2D eigenvalue weighted by Crippen LogP contribution is 2.29. The van der Waals surface area contributed by atoms with Gasteiger partial charge in [0.05, 0.1) is 23.1 Å². The van der Waals surface area contributed by atoms with Gasteiger partial charge in [-0.15, -0.1) is 0 Å². The number of halogens is 1. The molecule has 1 aromatic carbocycles. The third kappa shape index (κ3) is 5.40. The van der Waals surface area contributed by atoms with E-state index in [9.17, 15) is 0 Å². The summed E-state index contributed by atoms with van der Waals surface area (Å²) in [5.41, 5.74) is 6.39. The van der Waals surface area contributed by atoms with Crippen LogP contribution in [0.25, 0.3) is 0 Å². The summed E-state index contributed by atoms with van der Waals surface area (Å²) in [6, 6.07) is 8.04. The van der Waals surface area contributed by atoms with Gasteiger partial charge < -0.3 is 10.5 Å². The number of ether oxygens (including phenoxy) is 1. The highest BCUT2D eigenvalue weighted by molar-refractivity contribution is 6.32. The van der Waals surface area contributed by atoms with E-state index in [1.807, 2.05) is 32.0 Å². The zero-order valence-corrected chi connectivity index (χ0v) is 13.0. The maximum Gasteiger partial charge on any atom is 0.141 e. The van der Waals surface area contributed by atoms with Crippen LogP contribution in [0.5, 0.6) is 5.75 Å². The summed E-state index contributed by atoms with van der Waals surface area (Å²) < 4.78 is 5.80. The average molecular weight is 295 g/mol. The number of hydrogen-bond acceptors (Lipinski definition) is 3. The predicted octanol–water partition coefficient (Wildman–Crippen LogP) is 3.94. The van der Waals surface area contributed by atoms with Gasteiger partial charge in [0.2, 0.25) is 0 Å². The van der Waals surface area contributed by atoms with Gasteiger partial charge >= 0.3 is 0 Å². The Hall–Kier alpha value is -1.24. The van der Waals surface area contributed by atoms with Gasteiger partial charge in [-0.2, -0.15) is 5.26 Å². The molecule has 0 amide bonds. The van der Waals surface area contributed by atoms with Crippen LogP contribution in [0.15, 0.2) is 18.2 Å². The fourth-order valence-corrected chi connectivity index (χ4v) is 2.22. The van der Waals surface area contributed by atoms with E-state index >= 15 is 0 Å². The highest BCUT2D eigenvalue weighted by Gasteiger charge is 2.15. The summed E-state index contributed by atoms with van der Waals surface area (Å²) >= 11 is 6.16. The number of nitriles is 1. The number of nitrogens with two attached hydrogens (primary N) is 1. The van der Waals surface area contributed by atoms with Crippen LogP contribution in [-0.2, 0) is 6.42 Å². The Balaban J connectivity index is 2.44. The van der Waals surface area contributed by atoms with Crippen molar-refractivity contribution < 1.29 is 4.74 Å². The number of nitrogens with zero attached hydrogens (tertiary/aromatic N) is 1. The molecule has 0 heterocycles. The summed E-state index contributed by atoms with van der Waals surface area (Å²) in [6.07, 6.45) is 3.53. The Morgan fingerprint density at radius 3 is 2.75 bits per heavy atom. The molecule has 0 spiro atoms. The van der Waals surface area contributed by atoms with Crippen molar-refractivity contribution in [3.8, 4) is 11.8 Å². The molecule has 0 aliphatic heterocycles. The molecule has 0 saturated carbocycles. The van der Waals surface area contributed by atoms with Gasteiger partial charge in [-0.25, -0.2) is 0 Å². The maximum absolute atomic E-state index is 8.95. The van der Waals surface area contributed by atoms with Crippen LogP contribution < -0.4 is 10.5 Å².